The number of carbonyl (C=O) groups is 1. The summed E-state index contributed by atoms with van der Waals surface area (Å²) in [6, 6.07) is 12.8. The van der Waals surface area contributed by atoms with Crippen molar-refractivity contribution in [1.29, 1.82) is 0 Å². The van der Waals surface area contributed by atoms with Crippen molar-refractivity contribution in [3.63, 3.8) is 0 Å². The molecular formula is C20H24N2O4S. The van der Waals surface area contributed by atoms with Crippen LogP contribution < -0.4 is 5.32 Å². The van der Waals surface area contributed by atoms with E-state index in [4.69, 9.17) is 0 Å². The van der Waals surface area contributed by atoms with Gasteiger partial charge < -0.3 is 10.4 Å². The van der Waals surface area contributed by atoms with Gasteiger partial charge in [0.15, 0.2) is 0 Å². The van der Waals surface area contributed by atoms with Crippen LogP contribution in [0.1, 0.15) is 31.2 Å². The maximum absolute atomic E-state index is 12.9. The average molecular weight is 388 g/mol. The molecule has 1 fully saturated rings. The molecule has 0 spiro atoms. The number of sulfonamides is 1. The number of benzene rings is 2. The minimum atomic E-state index is -3.55. The first-order valence-corrected chi connectivity index (χ1v) is 10.6. The maximum Gasteiger partial charge on any atom is 0.243 e. The number of rotatable bonds is 5. The predicted octanol–water partition coefficient (Wildman–Crippen LogP) is 3.14. The molecule has 6 nitrogen and oxygen atoms in total. The van der Waals surface area contributed by atoms with Crippen LogP contribution in [0.15, 0.2) is 53.4 Å². The van der Waals surface area contributed by atoms with Gasteiger partial charge in [-0.05, 0) is 48.7 Å². The Balaban J connectivity index is 1.71. The minimum absolute atomic E-state index is 0.142. The normalized spacial score (nSPS) is 15.9. The third-order valence-electron chi connectivity index (χ3n) is 4.62. The second kappa shape index (κ2) is 8.54. The van der Waals surface area contributed by atoms with Crippen LogP contribution in [-0.4, -0.2) is 36.8 Å². The highest BCUT2D eigenvalue weighted by molar-refractivity contribution is 7.89. The van der Waals surface area contributed by atoms with Crippen molar-refractivity contribution in [3.8, 4) is 5.75 Å². The van der Waals surface area contributed by atoms with Gasteiger partial charge in [0.25, 0.3) is 0 Å². The molecule has 2 N–H and O–H groups in total. The molecule has 1 heterocycles. The van der Waals surface area contributed by atoms with Crippen molar-refractivity contribution in [2.75, 3.05) is 18.4 Å². The molecule has 0 bridgehead atoms. The van der Waals surface area contributed by atoms with Gasteiger partial charge in [0.05, 0.1) is 11.3 Å². The van der Waals surface area contributed by atoms with Gasteiger partial charge in [-0.25, -0.2) is 8.42 Å². The number of nitrogens with one attached hydrogen (secondary N) is 1. The van der Waals surface area contributed by atoms with Crippen molar-refractivity contribution < 1.29 is 18.3 Å². The summed E-state index contributed by atoms with van der Waals surface area (Å²) < 4.78 is 27.3. The van der Waals surface area contributed by atoms with Gasteiger partial charge in [-0.1, -0.05) is 31.0 Å². The Morgan fingerprint density at radius 1 is 1.00 bits per heavy atom. The summed E-state index contributed by atoms with van der Waals surface area (Å²) in [5.74, 6) is -0.101. The van der Waals surface area contributed by atoms with E-state index in [1.54, 1.807) is 30.3 Å². The maximum atomic E-state index is 12.9. The molecule has 144 valence electrons. The van der Waals surface area contributed by atoms with E-state index in [1.807, 2.05) is 0 Å². The quantitative estimate of drug-likeness (QED) is 0.824. The molecule has 1 aliphatic heterocycles. The molecule has 0 aromatic heterocycles. The SMILES string of the molecule is O=C(Cc1ccc(O)cc1)Nc1cccc(S(=O)(=O)N2CCCCCC2)c1. The lowest BCUT2D eigenvalue weighted by molar-refractivity contribution is -0.115. The summed E-state index contributed by atoms with van der Waals surface area (Å²) in [4.78, 5) is 12.4. The Bertz CT molecular complexity index is 886. The monoisotopic (exact) mass is 388 g/mol. The second-order valence-electron chi connectivity index (χ2n) is 6.74. The largest absolute Gasteiger partial charge is 0.508 e. The van der Waals surface area contributed by atoms with Crippen LogP contribution in [0.5, 0.6) is 5.75 Å². The van der Waals surface area contributed by atoms with Crippen molar-refractivity contribution in [1.82, 2.24) is 4.31 Å². The lowest BCUT2D eigenvalue weighted by Crippen LogP contribution is -2.32. The predicted molar refractivity (Wildman–Crippen MR) is 104 cm³/mol. The highest BCUT2D eigenvalue weighted by Crippen LogP contribution is 2.23. The Labute approximate surface area is 159 Å². The lowest BCUT2D eigenvalue weighted by Gasteiger charge is -2.20. The topological polar surface area (TPSA) is 86.7 Å². The number of nitrogens with zero attached hydrogens (tertiary/aromatic N) is 1. The van der Waals surface area contributed by atoms with Crippen LogP contribution in [0.2, 0.25) is 0 Å². The van der Waals surface area contributed by atoms with Crippen LogP contribution in [0.4, 0.5) is 5.69 Å². The zero-order valence-corrected chi connectivity index (χ0v) is 15.9. The van der Waals surface area contributed by atoms with Crippen LogP contribution >= 0.6 is 0 Å². The Morgan fingerprint density at radius 2 is 1.67 bits per heavy atom. The highest BCUT2D eigenvalue weighted by atomic mass is 32.2. The molecule has 0 aliphatic carbocycles. The van der Waals surface area contributed by atoms with Gasteiger partial charge in [0.2, 0.25) is 15.9 Å². The number of carbonyl (C=O) groups excluding carboxylic acids is 1. The highest BCUT2D eigenvalue weighted by Gasteiger charge is 2.25. The average Bonchev–Trinajstić information content (AvgIpc) is 2.94. The van der Waals surface area contributed by atoms with E-state index in [2.05, 4.69) is 5.32 Å². The number of hydrogen-bond acceptors (Lipinski definition) is 4. The molecular weight excluding hydrogens is 364 g/mol. The summed E-state index contributed by atoms with van der Waals surface area (Å²) in [6.07, 6.45) is 4.01. The van der Waals surface area contributed by atoms with Gasteiger partial charge in [-0.3, -0.25) is 4.79 Å². The smallest absolute Gasteiger partial charge is 0.243 e. The molecule has 0 unspecified atom stereocenters. The molecule has 1 saturated heterocycles. The number of phenolic OH excluding ortho intramolecular Hbond substituents is 1. The van der Waals surface area contributed by atoms with Crippen LogP contribution in [0.25, 0.3) is 0 Å². The number of aromatic hydroxyl groups is 1. The molecule has 7 heteroatoms. The fraction of sp³-hybridized carbons (Fsp3) is 0.350. The number of anilines is 1. The summed E-state index contributed by atoms with van der Waals surface area (Å²) in [5.41, 5.74) is 1.22. The summed E-state index contributed by atoms with van der Waals surface area (Å²) in [5, 5.41) is 12.0. The van der Waals surface area contributed by atoms with Gasteiger partial charge >= 0.3 is 0 Å². The van der Waals surface area contributed by atoms with Crippen LogP contribution in [-0.2, 0) is 21.2 Å². The number of hydrogen-bond donors (Lipinski definition) is 2. The summed E-state index contributed by atoms with van der Waals surface area (Å²) in [6.45, 7) is 1.08. The van der Waals surface area contributed by atoms with Gasteiger partial charge in [0.1, 0.15) is 5.75 Å². The third-order valence-corrected chi connectivity index (χ3v) is 6.52. The molecule has 27 heavy (non-hydrogen) atoms. The van der Waals surface area contributed by atoms with E-state index >= 15 is 0 Å². The third kappa shape index (κ3) is 5.08. The van der Waals surface area contributed by atoms with Gasteiger partial charge in [-0.2, -0.15) is 4.31 Å². The first-order valence-electron chi connectivity index (χ1n) is 9.13. The van der Waals surface area contributed by atoms with E-state index in [9.17, 15) is 18.3 Å². The van der Waals surface area contributed by atoms with Crippen molar-refractivity contribution in [2.24, 2.45) is 0 Å². The van der Waals surface area contributed by atoms with Crippen molar-refractivity contribution in [3.05, 3.63) is 54.1 Å². The van der Waals surface area contributed by atoms with Crippen molar-refractivity contribution >= 4 is 21.6 Å². The molecule has 3 rings (SSSR count). The van der Waals surface area contributed by atoms with Crippen LogP contribution in [0.3, 0.4) is 0 Å². The summed E-state index contributed by atoms with van der Waals surface area (Å²) >= 11 is 0. The fourth-order valence-electron chi connectivity index (χ4n) is 3.17. The molecule has 0 saturated carbocycles. The standard InChI is InChI=1S/C20H24N2O4S/c23-18-10-8-16(9-11-18)14-20(24)21-17-6-5-7-19(15-17)27(25,26)22-12-3-1-2-4-13-22/h5-11,15,23H,1-4,12-14H2,(H,21,24). The van der Waals surface area contributed by atoms with Gasteiger partial charge in [0, 0.05) is 18.8 Å². The van der Waals surface area contributed by atoms with Gasteiger partial charge in [-0.15, -0.1) is 0 Å². The van der Waals surface area contributed by atoms with E-state index in [-0.39, 0.29) is 23.0 Å². The van der Waals surface area contributed by atoms with Crippen LogP contribution in [0, 0.1) is 0 Å². The fourth-order valence-corrected chi connectivity index (χ4v) is 4.73. The Morgan fingerprint density at radius 3 is 2.33 bits per heavy atom. The van der Waals surface area contributed by atoms with E-state index in [0.29, 0.717) is 18.8 Å². The Hall–Kier alpha value is -2.38. The van der Waals surface area contributed by atoms with E-state index < -0.39 is 10.0 Å². The zero-order valence-electron chi connectivity index (χ0n) is 15.1. The Kier molecular flexibility index (Phi) is 6.13. The molecule has 2 aromatic carbocycles. The molecule has 1 aliphatic rings. The summed E-state index contributed by atoms with van der Waals surface area (Å²) in [7, 11) is -3.55. The molecule has 1 amide bonds. The van der Waals surface area contributed by atoms with E-state index in [1.165, 1.54) is 22.5 Å². The zero-order chi connectivity index (χ0) is 19.3. The van der Waals surface area contributed by atoms with E-state index in [0.717, 1.165) is 31.2 Å². The molecule has 2 aromatic rings. The lowest BCUT2D eigenvalue weighted by atomic mass is 10.1. The second-order valence-corrected chi connectivity index (χ2v) is 8.68. The number of phenols is 1. The molecule has 0 radical (unpaired) electrons. The van der Waals surface area contributed by atoms with Crippen molar-refractivity contribution in [2.45, 2.75) is 37.0 Å². The first kappa shape index (κ1) is 19.4. The number of amides is 1. The first-order chi connectivity index (χ1) is 12.9. The minimum Gasteiger partial charge on any atom is -0.508 e. The molecule has 0 atom stereocenters.